The number of phenolic OH excluding ortho intramolecular Hbond substituents is 1. The van der Waals surface area contributed by atoms with Gasteiger partial charge in [0.1, 0.15) is 36.1 Å². The SMILES string of the molecule is COc1ccc2cc1OCc1c(C(O)O)cc3c(c(O)cc4c3c1C=CC4C)CC#COC(CC1C=C(O)C=CC1CCCCc1cccc(NC(Cc3ccccc3)C(C)O)c1)CC(=O)CC2. The molecule has 2 aliphatic heterocycles. The molecule has 6 bridgehead atoms. The molecule has 354 valence electrons. The molecule has 9 rings (SSSR count). The van der Waals surface area contributed by atoms with Crippen LogP contribution < -0.4 is 14.8 Å². The van der Waals surface area contributed by atoms with Crippen molar-refractivity contribution >= 4 is 28.3 Å². The smallest absolute Gasteiger partial charge is 0.178 e. The minimum absolute atomic E-state index is 0.00935. The van der Waals surface area contributed by atoms with Crippen molar-refractivity contribution in [2.24, 2.45) is 11.8 Å². The quantitative estimate of drug-likeness (QED) is 0.0360. The molecule has 0 aromatic heterocycles. The number of fused-ring (bicyclic) bond motifs is 9. The first-order valence-electron chi connectivity index (χ1n) is 23.9. The number of methoxy groups -OCH3 is 1. The van der Waals surface area contributed by atoms with Crippen molar-refractivity contribution in [3.63, 3.8) is 0 Å². The van der Waals surface area contributed by atoms with Crippen LogP contribution in [0.3, 0.4) is 0 Å². The van der Waals surface area contributed by atoms with Gasteiger partial charge in [0, 0.05) is 47.6 Å². The predicted molar refractivity (Wildman–Crippen MR) is 267 cm³/mol. The molecular weight excluding hydrogens is 855 g/mol. The molecule has 6 N–H and O–H groups in total. The van der Waals surface area contributed by atoms with E-state index in [0.29, 0.717) is 47.3 Å². The second-order valence-corrected chi connectivity index (χ2v) is 18.6. The van der Waals surface area contributed by atoms with Crippen LogP contribution in [0, 0.1) is 23.9 Å². The van der Waals surface area contributed by atoms with Crippen LogP contribution in [-0.4, -0.2) is 56.7 Å². The van der Waals surface area contributed by atoms with Crippen molar-refractivity contribution in [2.75, 3.05) is 12.4 Å². The number of carbonyl (C=O) groups excluding carboxylic acids is 1. The highest BCUT2D eigenvalue weighted by molar-refractivity contribution is 6.01. The first kappa shape index (κ1) is 48.0. The third-order valence-corrected chi connectivity index (χ3v) is 13.8. The molecule has 4 aliphatic rings. The van der Waals surface area contributed by atoms with Crippen LogP contribution in [-0.2, 0) is 41.8 Å². The molecule has 10 nitrogen and oxygen atoms in total. The van der Waals surface area contributed by atoms with Crippen LogP contribution in [0.2, 0.25) is 0 Å². The highest BCUT2D eigenvalue weighted by atomic mass is 16.5. The zero-order valence-electron chi connectivity index (χ0n) is 39.2. The van der Waals surface area contributed by atoms with Gasteiger partial charge in [0.25, 0.3) is 0 Å². The van der Waals surface area contributed by atoms with E-state index >= 15 is 0 Å². The molecule has 0 spiro atoms. The number of aryl methyl sites for hydroxylation is 2. The van der Waals surface area contributed by atoms with Crippen LogP contribution in [0.4, 0.5) is 5.69 Å². The van der Waals surface area contributed by atoms with Crippen LogP contribution >= 0.6 is 0 Å². The molecule has 2 aliphatic carbocycles. The van der Waals surface area contributed by atoms with Gasteiger partial charge in [-0.2, -0.15) is 0 Å². The van der Waals surface area contributed by atoms with Crippen LogP contribution in [0.15, 0.2) is 115 Å². The third-order valence-electron chi connectivity index (χ3n) is 13.8. The number of allylic oxidation sites excluding steroid dienone is 4. The molecule has 0 saturated heterocycles. The highest BCUT2D eigenvalue weighted by Crippen LogP contribution is 2.44. The number of nitrogens with one attached hydrogen (secondary N) is 1. The van der Waals surface area contributed by atoms with Gasteiger partial charge < -0.3 is 45.1 Å². The second-order valence-electron chi connectivity index (χ2n) is 18.6. The molecule has 5 aromatic rings. The number of carbonyl (C=O) groups is 1. The topological polar surface area (TPSA) is 158 Å². The fourth-order valence-electron chi connectivity index (χ4n) is 10.00. The van der Waals surface area contributed by atoms with Crippen LogP contribution in [0.5, 0.6) is 17.2 Å². The van der Waals surface area contributed by atoms with Gasteiger partial charge in [-0.15, -0.1) is 0 Å². The molecule has 5 aromatic carbocycles. The first-order valence-corrected chi connectivity index (χ1v) is 23.9. The summed E-state index contributed by atoms with van der Waals surface area (Å²) in [6.07, 6.45) is 15.4. The van der Waals surface area contributed by atoms with E-state index in [-0.39, 0.29) is 72.5 Å². The maximum Gasteiger partial charge on any atom is 0.178 e. The van der Waals surface area contributed by atoms with Gasteiger partial charge in [-0.1, -0.05) is 86.0 Å². The number of Topliss-reactive ketones (excluding diaryl/α,β-unsaturated/α-hetero) is 1. The molecule has 68 heavy (non-hydrogen) atoms. The van der Waals surface area contributed by atoms with E-state index in [1.54, 1.807) is 25.3 Å². The summed E-state index contributed by atoms with van der Waals surface area (Å²) in [4.78, 5) is 13.8. The summed E-state index contributed by atoms with van der Waals surface area (Å²) in [6, 6.07) is 27.5. The molecule has 6 unspecified atom stereocenters. The number of hydrogen-bond donors (Lipinski definition) is 6. The summed E-state index contributed by atoms with van der Waals surface area (Å²) in [6.45, 7) is 3.88. The maximum absolute atomic E-state index is 13.8. The molecule has 10 heteroatoms. The van der Waals surface area contributed by atoms with Gasteiger partial charge in [-0.3, -0.25) is 4.79 Å². The number of unbranched alkanes of at least 4 members (excludes halogenated alkanes) is 1. The zero-order chi connectivity index (χ0) is 47.7. The summed E-state index contributed by atoms with van der Waals surface area (Å²) >= 11 is 0. The lowest BCUT2D eigenvalue weighted by molar-refractivity contribution is -0.121. The number of ether oxygens (including phenoxy) is 3. The van der Waals surface area contributed by atoms with E-state index in [0.717, 1.165) is 53.4 Å². The summed E-state index contributed by atoms with van der Waals surface area (Å²) in [5.74, 6) is 4.31. The lowest BCUT2D eigenvalue weighted by atomic mass is 9.80. The fraction of sp³-hybridized carbons (Fsp3) is 0.362. The normalized spacial score (nSPS) is 20.0. The van der Waals surface area contributed by atoms with E-state index in [9.17, 15) is 30.3 Å². The van der Waals surface area contributed by atoms with Gasteiger partial charge in [-0.05, 0) is 144 Å². The Labute approximate surface area is 399 Å². The van der Waals surface area contributed by atoms with Crippen molar-refractivity contribution in [1.29, 1.82) is 0 Å². The monoisotopic (exact) mass is 917 g/mol. The number of anilines is 1. The predicted octanol–water partition coefficient (Wildman–Crippen LogP) is 10.5. The summed E-state index contributed by atoms with van der Waals surface area (Å²) in [7, 11) is 1.56. The molecule has 2 heterocycles. The van der Waals surface area contributed by atoms with Gasteiger partial charge in [-0.25, -0.2) is 0 Å². The maximum atomic E-state index is 13.8. The average Bonchev–Trinajstić information content (AvgIpc) is 3.32. The van der Waals surface area contributed by atoms with Crippen molar-refractivity contribution in [3.05, 3.63) is 159 Å². The Hall–Kier alpha value is -6.51. The second kappa shape index (κ2) is 22.1. The number of phenols is 1. The van der Waals surface area contributed by atoms with Crippen molar-refractivity contribution in [3.8, 4) is 29.3 Å². The first-order chi connectivity index (χ1) is 32.9. The van der Waals surface area contributed by atoms with Gasteiger partial charge in [0.2, 0.25) is 0 Å². The number of aromatic hydroxyl groups is 1. The third kappa shape index (κ3) is 11.6. The van der Waals surface area contributed by atoms with Crippen LogP contribution in [0.1, 0.15) is 109 Å². The Morgan fingerprint density at radius 3 is 2.50 bits per heavy atom. The van der Waals surface area contributed by atoms with E-state index in [2.05, 4.69) is 60.7 Å². The molecule has 0 amide bonds. The van der Waals surface area contributed by atoms with E-state index < -0.39 is 18.5 Å². The Morgan fingerprint density at radius 2 is 1.71 bits per heavy atom. The van der Waals surface area contributed by atoms with Crippen molar-refractivity contribution < 1.29 is 44.5 Å². The van der Waals surface area contributed by atoms with E-state index in [1.807, 2.05) is 67.6 Å². The van der Waals surface area contributed by atoms with E-state index in [4.69, 9.17) is 14.2 Å². The van der Waals surface area contributed by atoms with Crippen molar-refractivity contribution in [1.82, 2.24) is 0 Å². The minimum Gasteiger partial charge on any atom is -0.508 e. The number of rotatable bonds is 14. The lowest BCUT2D eigenvalue weighted by Gasteiger charge is -2.28. The summed E-state index contributed by atoms with van der Waals surface area (Å²) in [5, 5.41) is 59.4. The Bertz CT molecular complexity index is 2740. The van der Waals surface area contributed by atoms with Crippen LogP contribution in [0.25, 0.3) is 16.8 Å². The molecule has 0 saturated carbocycles. The fourth-order valence-corrected chi connectivity index (χ4v) is 10.00. The zero-order valence-corrected chi connectivity index (χ0v) is 39.2. The number of benzene rings is 5. The Morgan fingerprint density at radius 1 is 0.882 bits per heavy atom. The van der Waals surface area contributed by atoms with Gasteiger partial charge in [0.15, 0.2) is 17.8 Å². The van der Waals surface area contributed by atoms with Gasteiger partial charge >= 0.3 is 0 Å². The minimum atomic E-state index is -1.82. The molecular formula is C58H63NO9. The number of ketones is 1. The lowest BCUT2D eigenvalue weighted by Crippen LogP contribution is -2.33. The van der Waals surface area contributed by atoms with Gasteiger partial charge in [0.05, 0.1) is 19.3 Å². The van der Waals surface area contributed by atoms with E-state index in [1.165, 1.54) is 11.1 Å². The number of aliphatic hydroxyl groups is 4. The molecule has 0 radical (unpaired) electrons. The number of hydrogen-bond acceptors (Lipinski definition) is 10. The molecule has 6 atom stereocenters. The summed E-state index contributed by atoms with van der Waals surface area (Å²) < 4.78 is 18.4. The molecule has 0 fully saturated rings. The largest absolute Gasteiger partial charge is 0.508 e. The Balaban J connectivity index is 1.00. The Kier molecular flexibility index (Phi) is 15.6. The standard InChI is InChI=1S/C58H63NO9/c1-36-18-24-48-52-35-68-56-29-40(20-25-55(56)66-3)19-22-45(62)32-46(67-26-10-17-47-50(33-51(52)58(64)65)57(48)49(36)34-54(47)63)31-42-30-44(61)23-21-41(42)15-8-7-13-38-14-9-16-43(27-38)59-53(37(2)60)28-39-11-5-4-6-12-39/h4-6,9,11-12,14,16,18,20-21,23-25,27,29-30,33-34,36-37,41-42,46,53,58-61,63-65H,7-8,13,15,17,19,22,28,31-32,35H2,1-3H3. The summed E-state index contributed by atoms with van der Waals surface area (Å²) in [5.41, 5.74) is 7.30. The average molecular weight is 918 g/mol. The highest BCUT2D eigenvalue weighted by Gasteiger charge is 2.29. The number of aliphatic hydroxyl groups excluding tert-OH is 3. The van der Waals surface area contributed by atoms with Crippen molar-refractivity contribution in [2.45, 2.75) is 115 Å².